The van der Waals surface area contributed by atoms with Gasteiger partial charge in [0.15, 0.2) is 0 Å². The highest BCUT2D eigenvalue weighted by molar-refractivity contribution is 6.32. The van der Waals surface area contributed by atoms with Gasteiger partial charge < -0.3 is 19.8 Å². The number of methoxy groups -OCH3 is 1. The Morgan fingerprint density at radius 1 is 1.06 bits per heavy atom. The summed E-state index contributed by atoms with van der Waals surface area (Å²) in [6, 6.07) is 20.5. The number of aliphatic imine (C=N–C) groups is 1. The molecule has 0 aromatic heterocycles. The van der Waals surface area contributed by atoms with Gasteiger partial charge in [-0.05, 0) is 42.5 Å². The third kappa shape index (κ3) is 5.14. The number of halogens is 1. The van der Waals surface area contributed by atoms with E-state index in [1.807, 2.05) is 30.3 Å². The van der Waals surface area contributed by atoms with E-state index in [-0.39, 0.29) is 5.75 Å². The van der Waals surface area contributed by atoms with Crippen LogP contribution >= 0.6 is 11.6 Å². The molecule has 0 bridgehead atoms. The lowest BCUT2D eigenvalue weighted by molar-refractivity contribution is -0.125. The van der Waals surface area contributed by atoms with Gasteiger partial charge in [0, 0.05) is 23.2 Å². The molecule has 32 heavy (non-hydrogen) atoms. The molecule has 3 aromatic rings. The summed E-state index contributed by atoms with van der Waals surface area (Å²) in [5.41, 5.74) is 3.21. The average molecular weight is 453 g/mol. The van der Waals surface area contributed by atoms with Crippen molar-refractivity contribution in [3.8, 4) is 5.75 Å². The predicted octanol–water partition coefficient (Wildman–Crippen LogP) is 3.65. The third-order valence-electron chi connectivity index (χ3n) is 4.71. The first-order chi connectivity index (χ1) is 15.3. The predicted molar refractivity (Wildman–Crippen MR) is 122 cm³/mol. The molecule has 1 atom stereocenters. The Kier molecular flexibility index (Phi) is 7.25. The number of anilines is 1. The van der Waals surface area contributed by atoms with E-state index in [1.54, 1.807) is 25.2 Å². The Bertz CT molecular complexity index is 1150. The Morgan fingerprint density at radius 2 is 1.72 bits per heavy atom. The van der Waals surface area contributed by atoms with Gasteiger partial charge in [-0.2, -0.15) is 0 Å². The van der Waals surface area contributed by atoms with Crippen LogP contribution in [0.4, 0.5) is 5.69 Å². The molecule has 0 fully saturated rings. The summed E-state index contributed by atoms with van der Waals surface area (Å²) in [6.45, 7) is 0. The van der Waals surface area contributed by atoms with Crippen molar-refractivity contribution in [1.82, 2.24) is 0 Å². The zero-order valence-corrected chi connectivity index (χ0v) is 18.2. The zero-order chi connectivity index (χ0) is 23.3. The van der Waals surface area contributed by atoms with E-state index in [0.29, 0.717) is 22.0 Å². The van der Waals surface area contributed by atoms with Crippen LogP contribution in [0.1, 0.15) is 21.5 Å². The highest BCUT2D eigenvalue weighted by Gasteiger charge is 2.28. The minimum Gasteiger partial charge on any atom is -0.508 e. The molecule has 8 heteroatoms. The second-order valence-corrected chi connectivity index (χ2v) is 7.25. The number of phenols is 1. The first-order valence-corrected chi connectivity index (χ1v) is 9.95. The van der Waals surface area contributed by atoms with E-state index in [9.17, 15) is 14.7 Å². The van der Waals surface area contributed by atoms with Crippen molar-refractivity contribution in [2.45, 2.75) is 6.23 Å². The van der Waals surface area contributed by atoms with Gasteiger partial charge in [0.1, 0.15) is 5.75 Å². The van der Waals surface area contributed by atoms with Gasteiger partial charge in [-0.15, -0.1) is 0 Å². The number of fused-ring (bicyclic) bond motifs is 1. The normalized spacial score (nSPS) is 15.0. The molecule has 3 aromatic carbocycles. The molecule has 1 heterocycles. The van der Waals surface area contributed by atoms with Gasteiger partial charge in [-0.25, -0.2) is 9.79 Å². The van der Waals surface area contributed by atoms with Crippen LogP contribution in [-0.2, 0) is 9.53 Å². The number of likely N-dealkylation sites (N-methyl/N-ethyl adjacent to an activating group) is 1. The number of benzodiazepines with no additional fused rings is 1. The van der Waals surface area contributed by atoms with Gasteiger partial charge in [-0.3, -0.25) is 4.79 Å². The van der Waals surface area contributed by atoms with Crippen molar-refractivity contribution < 1.29 is 24.5 Å². The van der Waals surface area contributed by atoms with Crippen molar-refractivity contribution in [3.05, 3.63) is 94.5 Å². The van der Waals surface area contributed by atoms with Gasteiger partial charge in [0.2, 0.25) is 6.23 Å². The summed E-state index contributed by atoms with van der Waals surface area (Å²) in [5, 5.41) is 19.4. The van der Waals surface area contributed by atoms with Crippen LogP contribution in [0.5, 0.6) is 5.75 Å². The number of nitrogens with zero attached hydrogens (tertiary/aromatic N) is 2. The maximum Gasteiger partial charge on any atom is 0.337 e. The Balaban J connectivity index is 0.000000222. The van der Waals surface area contributed by atoms with Crippen LogP contribution < -0.4 is 4.90 Å². The molecule has 7 nitrogen and oxygen atoms in total. The van der Waals surface area contributed by atoms with Crippen LogP contribution in [0.2, 0.25) is 5.02 Å². The number of esters is 1. The largest absolute Gasteiger partial charge is 0.508 e. The Hall–Kier alpha value is -3.68. The van der Waals surface area contributed by atoms with E-state index >= 15 is 0 Å². The van der Waals surface area contributed by atoms with Gasteiger partial charge >= 0.3 is 5.97 Å². The maximum atomic E-state index is 12.1. The van der Waals surface area contributed by atoms with Gasteiger partial charge in [0.05, 0.1) is 24.1 Å². The van der Waals surface area contributed by atoms with Crippen LogP contribution in [0, 0.1) is 0 Å². The number of carbonyl (C=O) groups is 2. The molecule has 0 aliphatic carbocycles. The van der Waals surface area contributed by atoms with E-state index in [1.165, 1.54) is 36.3 Å². The number of hydrogen-bond donors (Lipinski definition) is 2. The fourth-order valence-corrected chi connectivity index (χ4v) is 3.24. The minimum atomic E-state index is -1.42. The Labute approximate surface area is 190 Å². The van der Waals surface area contributed by atoms with Crippen molar-refractivity contribution >= 4 is 34.9 Å². The minimum absolute atomic E-state index is 0.137. The van der Waals surface area contributed by atoms with Gasteiger partial charge in [0.25, 0.3) is 5.91 Å². The fraction of sp³-hybridized carbons (Fsp3) is 0.125. The third-order valence-corrected chi connectivity index (χ3v) is 4.95. The lowest BCUT2D eigenvalue weighted by Crippen LogP contribution is -2.34. The van der Waals surface area contributed by atoms with Crippen LogP contribution in [-0.4, -0.2) is 48.2 Å². The van der Waals surface area contributed by atoms with E-state index in [2.05, 4.69) is 9.73 Å². The Morgan fingerprint density at radius 3 is 2.34 bits per heavy atom. The molecule has 1 amide bonds. The number of ether oxygens (including phenoxy) is 1. The summed E-state index contributed by atoms with van der Waals surface area (Å²) in [5.74, 6) is -0.729. The van der Waals surface area contributed by atoms with Crippen LogP contribution in [0.15, 0.2) is 77.8 Å². The highest BCUT2D eigenvalue weighted by Crippen LogP contribution is 2.29. The van der Waals surface area contributed by atoms with Crippen LogP contribution in [0.3, 0.4) is 0 Å². The molecule has 2 N–H and O–H groups in total. The molecule has 164 valence electrons. The number of aliphatic hydroxyl groups is 1. The number of aromatic hydroxyl groups is 1. The average Bonchev–Trinajstić information content (AvgIpc) is 2.90. The quantitative estimate of drug-likeness (QED) is 0.578. The molecule has 1 unspecified atom stereocenters. The second-order valence-electron chi connectivity index (χ2n) is 6.81. The summed E-state index contributed by atoms with van der Waals surface area (Å²) >= 11 is 6.08. The molecule has 4 rings (SSSR count). The molecule has 1 aliphatic rings. The molecule has 0 saturated carbocycles. The van der Waals surface area contributed by atoms with Gasteiger partial charge in [-0.1, -0.05) is 41.9 Å². The first-order valence-electron chi connectivity index (χ1n) is 9.58. The summed E-state index contributed by atoms with van der Waals surface area (Å²) < 4.78 is 4.46. The number of hydrogen-bond acceptors (Lipinski definition) is 6. The number of amides is 1. The summed E-state index contributed by atoms with van der Waals surface area (Å²) in [6.07, 6.45) is -1.42. The molecule has 0 saturated heterocycles. The standard InChI is InChI=1S/C16H13ClN2O2.C8H8O3/c1-19-13-8-7-11(17)9-12(13)14(18-15(20)16(19)21)10-5-3-2-4-6-10;1-11-8(10)6-2-4-7(9)5-3-6/h2-9,15,20H,1H3;2-5,9H,1H3. The topological polar surface area (TPSA) is 99.4 Å². The summed E-state index contributed by atoms with van der Waals surface area (Å²) in [4.78, 5) is 28.5. The lowest BCUT2D eigenvalue weighted by atomic mass is 10.0. The lowest BCUT2D eigenvalue weighted by Gasteiger charge is -2.18. The fourth-order valence-electron chi connectivity index (χ4n) is 3.07. The highest BCUT2D eigenvalue weighted by atomic mass is 35.5. The van der Waals surface area contributed by atoms with Crippen LogP contribution in [0.25, 0.3) is 0 Å². The van der Waals surface area contributed by atoms with E-state index in [4.69, 9.17) is 16.7 Å². The number of phenolic OH excluding ortho intramolecular Hbond substituents is 1. The maximum absolute atomic E-state index is 12.1. The molecular weight excluding hydrogens is 432 g/mol. The summed E-state index contributed by atoms with van der Waals surface area (Å²) in [7, 11) is 2.93. The smallest absolute Gasteiger partial charge is 0.337 e. The van der Waals surface area contributed by atoms with Crippen molar-refractivity contribution in [2.24, 2.45) is 4.99 Å². The van der Waals surface area contributed by atoms with Crippen molar-refractivity contribution in [3.63, 3.8) is 0 Å². The van der Waals surface area contributed by atoms with E-state index in [0.717, 1.165) is 11.1 Å². The molecular formula is C24H21ClN2O5. The number of carbonyl (C=O) groups excluding carboxylic acids is 2. The number of aliphatic hydroxyl groups excluding tert-OH is 1. The molecule has 0 radical (unpaired) electrons. The molecule has 1 aliphatic heterocycles. The van der Waals surface area contributed by atoms with Crippen molar-refractivity contribution in [1.29, 1.82) is 0 Å². The zero-order valence-electron chi connectivity index (χ0n) is 17.4. The monoisotopic (exact) mass is 452 g/mol. The second kappa shape index (κ2) is 10.1. The first kappa shape index (κ1) is 23.0. The van der Waals surface area contributed by atoms with Crippen molar-refractivity contribution in [2.75, 3.05) is 19.1 Å². The number of benzene rings is 3. The molecule has 0 spiro atoms. The SMILES string of the molecule is CN1C(=O)C(O)N=C(c2ccccc2)c2cc(Cl)ccc21.COC(=O)c1ccc(O)cc1. The van der Waals surface area contributed by atoms with E-state index < -0.39 is 18.1 Å². The number of rotatable bonds is 2.